The zero-order chi connectivity index (χ0) is 16.4. The van der Waals surface area contributed by atoms with Crippen molar-refractivity contribution in [2.45, 2.75) is 26.3 Å². The Labute approximate surface area is 143 Å². The Kier molecular flexibility index (Phi) is 4.81. The van der Waals surface area contributed by atoms with E-state index in [0.717, 1.165) is 10.6 Å². The lowest BCUT2D eigenvalue weighted by molar-refractivity contribution is 0.103. The largest absolute Gasteiger partial charge is 0.297 e. The summed E-state index contributed by atoms with van der Waals surface area (Å²) >= 11 is 2.73. The molecule has 2 aromatic heterocycles. The average Bonchev–Trinajstić information content (AvgIpc) is 3.15. The highest BCUT2D eigenvalue weighted by Gasteiger charge is 2.28. The number of aromatic nitrogens is 1. The smallest absolute Gasteiger partial charge is 0.267 e. The molecule has 1 amide bonds. The first-order valence-electron chi connectivity index (χ1n) is 7.31. The van der Waals surface area contributed by atoms with E-state index in [1.807, 2.05) is 18.4 Å². The van der Waals surface area contributed by atoms with Crippen molar-refractivity contribution in [3.05, 3.63) is 33.0 Å². The minimum atomic E-state index is -3.20. The van der Waals surface area contributed by atoms with Gasteiger partial charge in [0.1, 0.15) is 0 Å². The average molecular weight is 372 g/mol. The number of nitrogens with one attached hydrogen (secondary N) is 1. The van der Waals surface area contributed by atoms with Gasteiger partial charge in [0.05, 0.1) is 16.3 Å². The molecule has 3 heterocycles. The number of anilines is 1. The number of carbonyl (C=O) groups is 1. The highest BCUT2D eigenvalue weighted by atomic mass is 32.2. The van der Waals surface area contributed by atoms with Crippen LogP contribution in [0.1, 0.15) is 33.6 Å². The molecule has 0 fully saturated rings. The molecule has 0 unspecified atom stereocenters. The maximum atomic E-state index is 12.2. The van der Waals surface area contributed by atoms with Gasteiger partial charge >= 0.3 is 0 Å². The van der Waals surface area contributed by atoms with E-state index in [1.165, 1.54) is 27.0 Å². The van der Waals surface area contributed by atoms with Gasteiger partial charge in [-0.3, -0.25) is 10.1 Å². The Morgan fingerprint density at radius 2 is 2.30 bits per heavy atom. The first kappa shape index (κ1) is 16.6. The second-order valence-corrected chi connectivity index (χ2v) is 9.34. The number of rotatable bonds is 5. The molecule has 0 atom stereocenters. The lowest BCUT2D eigenvalue weighted by atomic mass is 10.2. The third-order valence-corrected chi connectivity index (χ3v) is 7.41. The monoisotopic (exact) mass is 371 g/mol. The van der Waals surface area contributed by atoms with Gasteiger partial charge in [0, 0.05) is 24.4 Å². The molecule has 1 aliphatic rings. The molecule has 23 heavy (non-hydrogen) atoms. The molecule has 0 saturated carbocycles. The van der Waals surface area contributed by atoms with Crippen LogP contribution in [0.4, 0.5) is 5.13 Å². The van der Waals surface area contributed by atoms with Crippen LogP contribution in [0.3, 0.4) is 0 Å². The number of sulfonamides is 1. The van der Waals surface area contributed by atoms with Crippen LogP contribution in [-0.2, 0) is 23.0 Å². The summed E-state index contributed by atoms with van der Waals surface area (Å²) in [4.78, 5) is 18.0. The summed E-state index contributed by atoms with van der Waals surface area (Å²) in [6.45, 7) is 2.67. The van der Waals surface area contributed by atoms with E-state index in [1.54, 1.807) is 6.07 Å². The number of fused-ring (bicyclic) bond motifs is 1. The van der Waals surface area contributed by atoms with Crippen molar-refractivity contribution in [1.29, 1.82) is 0 Å². The van der Waals surface area contributed by atoms with Crippen LogP contribution in [0.5, 0.6) is 0 Å². The van der Waals surface area contributed by atoms with E-state index >= 15 is 0 Å². The maximum absolute atomic E-state index is 12.2. The number of thiophene rings is 1. The van der Waals surface area contributed by atoms with E-state index in [4.69, 9.17) is 0 Å². The van der Waals surface area contributed by atoms with E-state index in [-0.39, 0.29) is 11.7 Å². The molecule has 0 saturated heterocycles. The molecule has 1 N–H and O–H groups in total. The number of thiazole rings is 1. The molecule has 0 radical (unpaired) electrons. The summed E-state index contributed by atoms with van der Waals surface area (Å²) in [6.07, 6.45) is 1.19. The summed E-state index contributed by atoms with van der Waals surface area (Å²) < 4.78 is 25.9. The molecule has 9 heteroatoms. The Bertz CT molecular complexity index is 797. The van der Waals surface area contributed by atoms with Gasteiger partial charge < -0.3 is 0 Å². The van der Waals surface area contributed by atoms with Gasteiger partial charge in [-0.05, 0) is 17.9 Å². The zero-order valence-electron chi connectivity index (χ0n) is 12.6. The lowest BCUT2D eigenvalue weighted by Gasteiger charge is -2.25. The molecule has 6 nitrogen and oxygen atoms in total. The fourth-order valence-corrected chi connectivity index (χ4v) is 5.61. The molecule has 124 valence electrons. The van der Waals surface area contributed by atoms with Crippen LogP contribution in [0.15, 0.2) is 17.5 Å². The maximum Gasteiger partial charge on any atom is 0.267 e. The molecule has 1 aliphatic heterocycles. The molecule has 0 spiro atoms. The minimum absolute atomic E-state index is 0.170. The Morgan fingerprint density at radius 1 is 1.48 bits per heavy atom. The Morgan fingerprint density at radius 3 is 3.00 bits per heavy atom. The summed E-state index contributed by atoms with van der Waals surface area (Å²) in [5.74, 6) is -0.00936. The van der Waals surface area contributed by atoms with Crippen LogP contribution in [0, 0.1) is 0 Å². The summed E-state index contributed by atoms with van der Waals surface area (Å²) in [6, 6.07) is 3.58. The predicted molar refractivity (Wildman–Crippen MR) is 92.6 cm³/mol. The van der Waals surface area contributed by atoms with E-state index in [9.17, 15) is 13.2 Å². The lowest BCUT2D eigenvalue weighted by Crippen LogP contribution is -2.36. The molecule has 0 aromatic carbocycles. The fraction of sp³-hybridized carbons (Fsp3) is 0.429. The molecular weight excluding hydrogens is 354 g/mol. The van der Waals surface area contributed by atoms with Crippen LogP contribution < -0.4 is 5.32 Å². The van der Waals surface area contributed by atoms with Crippen molar-refractivity contribution in [3.8, 4) is 0 Å². The molecule has 0 bridgehead atoms. The van der Waals surface area contributed by atoms with Crippen molar-refractivity contribution in [2.24, 2.45) is 0 Å². The number of nitrogens with zero attached hydrogens (tertiary/aromatic N) is 2. The highest BCUT2D eigenvalue weighted by Crippen LogP contribution is 2.30. The standard InChI is InChI=1S/C14H17N3O3S3/c1-2-8-23(19,20)17-6-5-10-12(9-17)22-14(15-10)16-13(18)11-4-3-7-21-11/h3-4,7H,2,5-6,8-9H2,1H3,(H,15,16,18). The number of hydrogen-bond donors (Lipinski definition) is 1. The fourth-order valence-electron chi connectivity index (χ4n) is 2.42. The third kappa shape index (κ3) is 3.63. The van der Waals surface area contributed by atoms with Gasteiger partial charge in [-0.1, -0.05) is 13.0 Å². The van der Waals surface area contributed by atoms with Crippen molar-refractivity contribution in [2.75, 3.05) is 17.6 Å². The second-order valence-electron chi connectivity index (χ2n) is 5.22. The number of amides is 1. The predicted octanol–water partition coefficient (Wildman–Crippen LogP) is 2.55. The quantitative estimate of drug-likeness (QED) is 0.876. The number of carbonyl (C=O) groups excluding carboxylic acids is 1. The SMILES string of the molecule is CCCS(=O)(=O)N1CCc2nc(NC(=O)c3cccs3)sc2C1. The topological polar surface area (TPSA) is 79.4 Å². The minimum Gasteiger partial charge on any atom is -0.297 e. The Hall–Kier alpha value is -1.29. The zero-order valence-corrected chi connectivity index (χ0v) is 15.1. The molecular formula is C14H17N3O3S3. The summed E-state index contributed by atoms with van der Waals surface area (Å²) in [5.41, 5.74) is 0.888. The first-order chi connectivity index (χ1) is 11.0. The molecule has 3 rings (SSSR count). The summed E-state index contributed by atoms with van der Waals surface area (Å²) in [7, 11) is -3.20. The van der Waals surface area contributed by atoms with E-state index in [2.05, 4.69) is 10.3 Å². The third-order valence-electron chi connectivity index (χ3n) is 3.52. The normalized spacial score (nSPS) is 15.3. The number of hydrogen-bond acceptors (Lipinski definition) is 6. The van der Waals surface area contributed by atoms with E-state index in [0.29, 0.717) is 35.9 Å². The van der Waals surface area contributed by atoms with E-state index < -0.39 is 10.0 Å². The van der Waals surface area contributed by atoms with Crippen LogP contribution >= 0.6 is 22.7 Å². The Balaban J connectivity index is 1.73. The highest BCUT2D eigenvalue weighted by molar-refractivity contribution is 7.89. The van der Waals surface area contributed by atoms with Crippen molar-refractivity contribution >= 4 is 43.7 Å². The first-order valence-corrected chi connectivity index (χ1v) is 10.6. The second kappa shape index (κ2) is 6.68. The van der Waals surface area contributed by atoms with Crippen molar-refractivity contribution < 1.29 is 13.2 Å². The van der Waals surface area contributed by atoms with Gasteiger partial charge in [-0.25, -0.2) is 13.4 Å². The van der Waals surface area contributed by atoms with Gasteiger partial charge in [-0.2, -0.15) is 4.31 Å². The van der Waals surface area contributed by atoms with Gasteiger partial charge in [-0.15, -0.1) is 22.7 Å². The van der Waals surface area contributed by atoms with Crippen molar-refractivity contribution in [1.82, 2.24) is 9.29 Å². The van der Waals surface area contributed by atoms with Gasteiger partial charge in [0.2, 0.25) is 10.0 Å². The van der Waals surface area contributed by atoms with Crippen LogP contribution in [-0.4, -0.2) is 35.9 Å². The molecule has 0 aliphatic carbocycles. The van der Waals surface area contributed by atoms with Crippen LogP contribution in [0.25, 0.3) is 0 Å². The van der Waals surface area contributed by atoms with Crippen molar-refractivity contribution in [3.63, 3.8) is 0 Å². The van der Waals surface area contributed by atoms with Gasteiger partial charge in [0.15, 0.2) is 5.13 Å². The summed E-state index contributed by atoms with van der Waals surface area (Å²) in [5, 5.41) is 5.17. The molecule has 2 aromatic rings. The van der Waals surface area contributed by atoms with Gasteiger partial charge in [0.25, 0.3) is 5.91 Å². The van der Waals surface area contributed by atoms with Crippen LogP contribution in [0.2, 0.25) is 0 Å².